The second-order valence-corrected chi connectivity index (χ2v) is 2.46. The fourth-order valence-corrected chi connectivity index (χ4v) is 1.06. The highest BCUT2D eigenvalue weighted by molar-refractivity contribution is 5.73. The molecule has 0 aromatic heterocycles. The first-order valence-electron chi connectivity index (χ1n) is 3.43. The maximum Gasteiger partial charge on any atom is 0.167 e. The summed E-state index contributed by atoms with van der Waals surface area (Å²) >= 11 is 0. The van der Waals surface area contributed by atoms with Crippen molar-refractivity contribution in [3.05, 3.63) is 11.8 Å². The molecular weight excluding hydrogens is 144 g/mol. The van der Waals surface area contributed by atoms with E-state index in [4.69, 9.17) is 4.74 Å². The van der Waals surface area contributed by atoms with Gasteiger partial charge in [0, 0.05) is 14.2 Å². The Balaban J connectivity index is 2.52. The average molecular weight is 156 g/mol. The Kier molecular flexibility index (Phi) is 2.62. The zero-order valence-corrected chi connectivity index (χ0v) is 6.70. The van der Waals surface area contributed by atoms with E-state index in [0.29, 0.717) is 12.3 Å². The van der Waals surface area contributed by atoms with Crippen LogP contribution in [-0.2, 0) is 9.53 Å². The maximum atomic E-state index is 10.4. The van der Waals surface area contributed by atoms with Crippen molar-refractivity contribution >= 4 is 6.29 Å². The number of hydrogen-bond donors (Lipinski definition) is 1. The van der Waals surface area contributed by atoms with Gasteiger partial charge in [-0.15, -0.1) is 0 Å². The number of carbonyl (C=O) groups excluding carboxylic acids is 1. The van der Waals surface area contributed by atoms with Gasteiger partial charge in [-0.3, -0.25) is 4.79 Å². The number of allylic oxidation sites excluding steroid dienone is 1. The highest BCUT2D eigenvalue weighted by atomic mass is 16.5. The first-order valence-corrected chi connectivity index (χ1v) is 3.43. The molecule has 1 rings (SSSR count). The Hall–Kier alpha value is -0.870. The van der Waals surface area contributed by atoms with E-state index < -0.39 is 0 Å². The minimum absolute atomic E-state index is 0.130. The molecule has 0 saturated heterocycles. The second-order valence-electron chi connectivity index (χ2n) is 2.46. The zero-order chi connectivity index (χ0) is 8.27. The molecule has 0 saturated carbocycles. The molecule has 0 spiro atoms. The van der Waals surface area contributed by atoms with E-state index in [-0.39, 0.29) is 6.04 Å². The molecule has 62 valence electrons. The fraction of sp³-hybridized carbons (Fsp3) is 0.571. The lowest BCUT2D eigenvalue weighted by Gasteiger charge is -2.15. The fourth-order valence-electron chi connectivity index (χ4n) is 1.06. The van der Waals surface area contributed by atoms with Crippen LogP contribution in [0.1, 0.15) is 0 Å². The normalized spacial score (nSPS) is 23.6. The first-order chi connectivity index (χ1) is 5.27. The third kappa shape index (κ3) is 1.78. The van der Waals surface area contributed by atoms with Crippen LogP contribution in [0.15, 0.2) is 11.8 Å². The molecule has 4 nitrogen and oxygen atoms in total. The lowest BCUT2D eigenvalue weighted by Crippen LogP contribution is -2.36. The summed E-state index contributed by atoms with van der Waals surface area (Å²) in [4.78, 5) is 10.4. The van der Waals surface area contributed by atoms with Crippen molar-refractivity contribution in [1.82, 2.24) is 10.4 Å². The SMILES string of the molecule is COCC1C=C(C=O)N(C)N1. The van der Waals surface area contributed by atoms with E-state index in [1.54, 1.807) is 19.2 Å². The Bertz CT molecular complexity index is 179. The number of ether oxygens (including phenoxy) is 1. The van der Waals surface area contributed by atoms with Crippen LogP contribution >= 0.6 is 0 Å². The predicted octanol–water partition coefficient (Wildman–Crippen LogP) is -0.466. The summed E-state index contributed by atoms with van der Waals surface area (Å²) in [7, 11) is 3.43. The van der Waals surface area contributed by atoms with Gasteiger partial charge in [-0.2, -0.15) is 0 Å². The highest BCUT2D eigenvalue weighted by Gasteiger charge is 2.18. The van der Waals surface area contributed by atoms with E-state index in [1.165, 1.54) is 0 Å². The van der Waals surface area contributed by atoms with Crippen molar-refractivity contribution in [3.63, 3.8) is 0 Å². The van der Waals surface area contributed by atoms with Crippen LogP contribution in [0.25, 0.3) is 0 Å². The van der Waals surface area contributed by atoms with Crippen LogP contribution in [0, 0.1) is 0 Å². The lowest BCUT2D eigenvalue weighted by atomic mass is 10.3. The minimum atomic E-state index is 0.130. The van der Waals surface area contributed by atoms with Gasteiger partial charge in [0.1, 0.15) is 0 Å². The largest absolute Gasteiger partial charge is 0.383 e. The predicted molar refractivity (Wildman–Crippen MR) is 40.7 cm³/mol. The van der Waals surface area contributed by atoms with Gasteiger partial charge in [0.25, 0.3) is 0 Å². The molecule has 0 bridgehead atoms. The summed E-state index contributed by atoms with van der Waals surface area (Å²) in [6, 6.07) is 0.130. The molecule has 1 N–H and O–H groups in total. The van der Waals surface area contributed by atoms with Crippen molar-refractivity contribution in [2.24, 2.45) is 0 Å². The van der Waals surface area contributed by atoms with Crippen LogP contribution in [0.2, 0.25) is 0 Å². The molecule has 0 aromatic carbocycles. The standard InChI is InChI=1S/C7H12N2O2/c1-9-7(4-10)3-6(8-9)5-11-2/h3-4,6,8H,5H2,1-2H3. The van der Waals surface area contributed by atoms with Gasteiger partial charge in [-0.1, -0.05) is 0 Å². The summed E-state index contributed by atoms with van der Waals surface area (Å²) in [5.74, 6) is 0. The van der Waals surface area contributed by atoms with Crippen molar-refractivity contribution in [2.45, 2.75) is 6.04 Å². The summed E-state index contributed by atoms with van der Waals surface area (Å²) in [5, 5.41) is 1.69. The quantitative estimate of drug-likeness (QED) is 0.561. The van der Waals surface area contributed by atoms with E-state index in [9.17, 15) is 4.79 Å². The van der Waals surface area contributed by atoms with E-state index in [1.807, 2.05) is 6.08 Å². The monoisotopic (exact) mass is 156 g/mol. The van der Waals surface area contributed by atoms with E-state index >= 15 is 0 Å². The van der Waals surface area contributed by atoms with Crippen molar-refractivity contribution in [3.8, 4) is 0 Å². The molecule has 0 amide bonds. The number of carbonyl (C=O) groups is 1. The number of hydrogen-bond acceptors (Lipinski definition) is 4. The van der Waals surface area contributed by atoms with Crippen LogP contribution in [0.5, 0.6) is 0 Å². The number of nitrogens with zero attached hydrogens (tertiary/aromatic N) is 1. The van der Waals surface area contributed by atoms with Crippen molar-refractivity contribution < 1.29 is 9.53 Å². The van der Waals surface area contributed by atoms with Gasteiger partial charge in [0.2, 0.25) is 0 Å². The van der Waals surface area contributed by atoms with Crippen molar-refractivity contribution in [1.29, 1.82) is 0 Å². The average Bonchev–Trinajstić information content (AvgIpc) is 2.32. The summed E-state index contributed by atoms with van der Waals surface area (Å²) in [6.07, 6.45) is 2.67. The zero-order valence-electron chi connectivity index (χ0n) is 6.70. The molecule has 0 aromatic rings. The summed E-state index contributed by atoms with van der Waals surface area (Å²) in [5.41, 5.74) is 3.70. The van der Waals surface area contributed by atoms with Gasteiger partial charge in [-0.05, 0) is 6.08 Å². The number of methoxy groups -OCH3 is 1. The van der Waals surface area contributed by atoms with E-state index in [0.717, 1.165) is 6.29 Å². The molecule has 1 aliphatic heterocycles. The van der Waals surface area contributed by atoms with Gasteiger partial charge in [0.05, 0.1) is 18.3 Å². The third-order valence-corrected chi connectivity index (χ3v) is 1.59. The molecule has 0 aliphatic carbocycles. The topological polar surface area (TPSA) is 41.6 Å². The van der Waals surface area contributed by atoms with Crippen LogP contribution < -0.4 is 5.43 Å². The molecule has 0 radical (unpaired) electrons. The maximum absolute atomic E-state index is 10.4. The molecule has 1 unspecified atom stereocenters. The Morgan fingerprint density at radius 2 is 2.64 bits per heavy atom. The Labute approximate surface area is 65.8 Å². The molecule has 1 heterocycles. The molecule has 4 heteroatoms. The number of hydrazine groups is 1. The molecule has 1 atom stereocenters. The second kappa shape index (κ2) is 3.50. The molecule has 11 heavy (non-hydrogen) atoms. The van der Waals surface area contributed by atoms with Crippen LogP contribution in [-0.4, -0.2) is 38.1 Å². The molecule has 1 aliphatic rings. The summed E-state index contributed by atoms with van der Waals surface area (Å²) in [6.45, 7) is 0.585. The Morgan fingerprint density at radius 3 is 3.09 bits per heavy atom. The van der Waals surface area contributed by atoms with Crippen LogP contribution in [0.3, 0.4) is 0 Å². The van der Waals surface area contributed by atoms with Crippen molar-refractivity contribution in [2.75, 3.05) is 20.8 Å². The first kappa shape index (κ1) is 8.23. The molecule has 0 fully saturated rings. The number of likely N-dealkylation sites (N-methyl/N-ethyl adjacent to an activating group) is 1. The van der Waals surface area contributed by atoms with Gasteiger partial charge in [0.15, 0.2) is 6.29 Å². The van der Waals surface area contributed by atoms with Gasteiger partial charge >= 0.3 is 0 Å². The smallest absolute Gasteiger partial charge is 0.167 e. The van der Waals surface area contributed by atoms with Crippen LogP contribution in [0.4, 0.5) is 0 Å². The van der Waals surface area contributed by atoms with E-state index in [2.05, 4.69) is 5.43 Å². The number of aldehydes is 1. The minimum Gasteiger partial charge on any atom is -0.383 e. The number of nitrogens with one attached hydrogen (secondary N) is 1. The Morgan fingerprint density at radius 1 is 1.91 bits per heavy atom. The summed E-state index contributed by atoms with van der Waals surface area (Å²) < 4.78 is 4.92. The molecular formula is C7H12N2O2. The van der Waals surface area contributed by atoms with Gasteiger partial charge in [-0.25, -0.2) is 5.43 Å². The van der Waals surface area contributed by atoms with Gasteiger partial charge < -0.3 is 9.75 Å². The number of rotatable bonds is 3. The lowest BCUT2D eigenvalue weighted by molar-refractivity contribution is -0.106. The highest BCUT2D eigenvalue weighted by Crippen LogP contribution is 2.06. The third-order valence-electron chi connectivity index (χ3n) is 1.59.